The molecule has 0 bridgehead atoms. The Morgan fingerprint density at radius 3 is 2.50 bits per heavy atom. The molecule has 2 aromatic rings. The molecule has 1 heteroatoms. The van der Waals surface area contributed by atoms with Gasteiger partial charge >= 0.3 is 0 Å². The topological polar surface area (TPSA) is 0 Å². The van der Waals surface area contributed by atoms with Crippen LogP contribution in [0.4, 0.5) is 0 Å². The molecule has 96 valence electrons. The van der Waals surface area contributed by atoms with Gasteiger partial charge in [0.2, 0.25) is 0 Å². The van der Waals surface area contributed by atoms with E-state index in [2.05, 4.69) is 73.7 Å². The molecule has 1 unspecified atom stereocenters. The summed E-state index contributed by atoms with van der Waals surface area (Å²) in [6.45, 7) is 2.24. The van der Waals surface area contributed by atoms with Crippen molar-refractivity contribution in [2.45, 2.75) is 13.3 Å². The lowest BCUT2D eigenvalue weighted by Crippen LogP contribution is -2.11. The molecule has 2 aliphatic rings. The number of rotatable bonds is 1. The molecule has 0 amide bonds. The molecule has 0 nitrogen and oxygen atoms in total. The highest BCUT2D eigenvalue weighted by molar-refractivity contribution is 7.75. The van der Waals surface area contributed by atoms with Crippen LogP contribution in [0.25, 0.3) is 5.57 Å². The number of fused-ring (bicyclic) bond motifs is 3. The number of allylic oxidation sites excluding steroid dienone is 4. The monoisotopic (exact) mass is 275 g/mol. The van der Waals surface area contributed by atoms with Crippen molar-refractivity contribution in [3.05, 3.63) is 77.9 Å². The van der Waals surface area contributed by atoms with E-state index in [9.17, 15) is 0 Å². The molecule has 0 fully saturated rings. The van der Waals surface area contributed by atoms with Gasteiger partial charge in [-0.05, 0) is 30.7 Å². The van der Waals surface area contributed by atoms with Crippen LogP contribution in [-0.2, 0) is 0 Å². The van der Waals surface area contributed by atoms with Crippen molar-refractivity contribution in [3.8, 4) is 0 Å². The molecule has 4 rings (SSSR count). The third kappa shape index (κ3) is 1.65. The summed E-state index contributed by atoms with van der Waals surface area (Å²) in [4.78, 5) is 0. The van der Waals surface area contributed by atoms with E-state index >= 15 is 0 Å². The molecule has 0 aromatic heterocycles. The van der Waals surface area contributed by atoms with Gasteiger partial charge in [0.1, 0.15) is 5.29 Å². The van der Waals surface area contributed by atoms with E-state index in [4.69, 9.17) is 0 Å². The summed E-state index contributed by atoms with van der Waals surface area (Å²) >= 11 is 0. The molecule has 0 spiro atoms. The van der Waals surface area contributed by atoms with E-state index in [1.54, 1.807) is 5.29 Å². The summed E-state index contributed by atoms with van der Waals surface area (Å²) in [5.41, 5.74) is 4.33. The van der Waals surface area contributed by atoms with Crippen molar-refractivity contribution in [2.75, 3.05) is 0 Å². The second-order valence-corrected chi connectivity index (χ2v) is 7.47. The Hall–Kier alpha value is -1.91. The molecule has 1 aliphatic heterocycles. The first-order valence-electron chi connectivity index (χ1n) is 7.04. The average molecular weight is 275 g/mol. The molecule has 1 aliphatic carbocycles. The highest BCUT2D eigenvalue weighted by Gasteiger charge is 2.38. The van der Waals surface area contributed by atoms with E-state index in [1.165, 1.54) is 27.3 Å². The fourth-order valence-corrected chi connectivity index (χ4v) is 6.04. The van der Waals surface area contributed by atoms with Gasteiger partial charge in [-0.25, -0.2) is 0 Å². The van der Waals surface area contributed by atoms with Crippen molar-refractivity contribution in [2.24, 2.45) is 0 Å². The summed E-state index contributed by atoms with van der Waals surface area (Å²) < 4.78 is 0. The summed E-state index contributed by atoms with van der Waals surface area (Å²) in [6, 6.07) is 17.8. The first-order valence-corrected chi connectivity index (χ1v) is 8.38. The lowest BCUT2D eigenvalue weighted by Gasteiger charge is -2.02. The smallest absolute Gasteiger partial charge is 0.0763 e. The predicted octanol–water partition coefficient (Wildman–Crippen LogP) is 3.96. The van der Waals surface area contributed by atoms with Crippen LogP contribution in [0.5, 0.6) is 0 Å². The second-order valence-electron chi connectivity index (χ2n) is 5.30. The van der Waals surface area contributed by atoms with Crippen LogP contribution in [0.2, 0.25) is 0 Å². The van der Waals surface area contributed by atoms with Crippen LogP contribution in [0.1, 0.15) is 17.5 Å². The molecule has 0 saturated heterocycles. The standard InChI is InChI=1S/C19H16P/c1-14-8-2-5-11-17(14)20-18-12-6-3-9-15(18)16-10-4-7-13-19(16)20/h2-12H,13H2,1H3/q+1. The van der Waals surface area contributed by atoms with E-state index in [0.717, 1.165) is 6.42 Å². The molecule has 0 radical (unpaired) electrons. The second kappa shape index (κ2) is 4.58. The van der Waals surface area contributed by atoms with E-state index in [0.29, 0.717) is 0 Å². The van der Waals surface area contributed by atoms with Crippen molar-refractivity contribution in [3.63, 3.8) is 0 Å². The zero-order valence-electron chi connectivity index (χ0n) is 11.5. The molecular formula is C19H16P+. The Labute approximate surface area is 120 Å². The van der Waals surface area contributed by atoms with Crippen LogP contribution in [-0.4, -0.2) is 5.29 Å². The van der Waals surface area contributed by atoms with E-state index < -0.39 is 0 Å². The van der Waals surface area contributed by atoms with Gasteiger partial charge in [-0.15, -0.1) is 0 Å². The Kier molecular flexibility index (Phi) is 2.72. The van der Waals surface area contributed by atoms with Crippen LogP contribution < -0.4 is 10.6 Å². The minimum Gasteiger partial charge on any atom is -0.0763 e. The normalized spacial score (nSPS) is 17.8. The van der Waals surface area contributed by atoms with Crippen molar-refractivity contribution in [1.82, 2.24) is 0 Å². The third-order valence-corrected chi connectivity index (χ3v) is 6.90. The third-order valence-electron chi connectivity index (χ3n) is 4.08. The lowest BCUT2D eigenvalue weighted by atomic mass is 9.98. The van der Waals surface area contributed by atoms with Gasteiger partial charge < -0.3 is 0 Å². The van der Waals surface area contributed by atoms with Gasteiger partial charge in [0.05, 0.1) is 0 Å². The highest BCUT2D eigenvalue weighted by atomic mass is 31.1. The lowest BCUT2D eigenvalue weighted by molar-refractivity contribution is 1.50. The van der Waals surface area contributed by atoms with E-state index in [1.807, 2.05) is 0 Å². The van der Waals surface area contributed by atoms with Gasteiger partial charge in [0.15, 0.2) is 18.2 Å². The zero-order chi connectivity index (χ0) is 13.5. The van der Waals surface area contributed by atoms with Crippen molar-refractivity contribution in [1.29, 1.82) is 0 Å². The molecule has 0 saturated carbocycles. The number of hydrogen-bond acceptors (Lipinski definition) is 0. The largest absolute Gasteiger partial charge is 0.175 e. The molecule has 1 atom stereocenters. The number of aryl methyl sites for hydroxylation is 1. The van der Waals surface area contributed by atoms with Crippen molar-refractivity contribution >= 4 is 29.0 Å². The van der Waals surface area contributed by atoms with Crippen LogP contribution in [0.3, 0.4) is 0 Å². The van der Waals surface area contributed by atoms with Gasteiger partial charge in [-0.2, -0.15) is 0 Å². The van der Waals surface area contributed by atoms with Gasteiger partial charge in [-0.3, -0.25) is 0 Å². The minimum absolute atomic E-state index is 0.337. The molecule has 20 heavy (non-hydrogen) atoms. The van der Waals surface area contributed by atoms with Crippen LogP contribution in [0.15, 0.2) is 66.8 Å². The highest BCUT2D eigenvalue weighted by Crippen LogP contribution is 2.42. The maximum atomic E-state index is 2.32. The quantitative estimate of drug-likeness (QED) is 0.691. The van der Waals surface area contributed by atoms with Gasteiger partial charge in [0.25, 0.3) is 0 Å². The fourth-order valence-electron chi connectivity index (χ4n) is 3.14. The Morgan fingerprint density at radius 1 is 0.900 bits per heavy atom. The number of hydrogen-bond donors (Lipinski definition) is 0. The summed E-state index contributed by atoms with van der Waals surface area (Å²) in [5.74, 6) is 0. The molecule has 2 aromatic carbocycles. The van der Waals surface area contributed by atoms with Gasteiger partial charge in [0, 0.05) is 17.6 Å². The summed E-state index contributed by atoms with van der Waals surface area (Å²) in [7, 11) is -0.337. The summed E-state index contributed by atoms with van der Waals surface area (Å²) in [5, 5.41) is 4.67. The fraction of sp³-hybridized carbons (Fsp3) is 0.105. The van der Waals surface area contributed by atoms with E-state index in [-0.39, 0.29) is 7.55 Å². The maximum Gasteiger partial charge on any atom is 0.175 e. The maximum absolute atomic E-state index is 2.32. The summed E-state index contributed by atoms with van der Waals surface area (Å²) in [6.07, 6.45) is 7.88. The average Bonchev–Trinajstić information content (AvgIpc) is 2.83. The molecule has 0 N–H and O–H groups in total. The Balaban J connectivity index is 2.05. The molecule has 1 heterocycles. The Bertz CT molecular complexity index is 791. The first kappa shape index (κ1) is 11.9. The van der Waals surface area contributed by atoms with Gasteiger partial charge in [-0.1, -0.05) is 48.6 Å². The first-order chi connectivity index (χ1) is 9.86. The Morgan fingerprint density at radius 2 is 1.65 bits per heavy atom. The predicted molar refractivity (Wildman–Crippen MR) is 90.6 cm³/mol. The SMILES string of the molecule is Cc1ccccc1[P+]1=C2CC=CC=C2c2ccccc21. The zero-order valence-corrected chi connectivity index (χ0v) is 12.4. The molecular weight excluding hydrogens is 259 g/mol. The van der Waals surface area contributed by atoms with Crippen LogP contribution >= 0.6 is 7.55 Å². The van der Waals surface area contributed by atoms with Crippen molar-refractivity contribution < 1.29 is 0 Å². The number of benzene rings is 2. The van der Waals surface area contributed by atoms with Crippen LogP contribution in [0, 0.1) is 6.92 Å². The minimum atomic E-state index is -0.337.